The van der Waals surface area contributed by atoms with Gasteiger partial charge in [0.2, 0.25) is 0 Å². The molecule has 3 rings (SSSR count). The van der Waals surface area contributed by atoms with E-state index in [1.807, 2.05) is 30.3 Å². The van der Waals surface area contributed by atoms with Crippen LogP contribution in [0.25, 0.3) is 0 Å². The zero-order valence-electron chi connectivity index (χ0n) is 16.0. The number of anilines is 2. The molecular weight excluding hydrogens is 360 g/mol. The van der Waals surface area contributed by atoms with Crippen LogP contribution in [0.4, 0.5) is 11.4 Å². The van der Waals surface area contributed by atoms with E-state index >= 15 is 0 Å². The first kappa shape index (κ1) is 19.6. The first-order valence-corrected chi connectivity index (χ1v) is 10.0. The molecule has 2 aromatic carbocycles. The van der Waals surface area contributed by atoms with Gasteiger partial charge in [-0.25, -0.2) is 0 Å². The van der Waals surface area contributed by atoms with Crippen LogP contribution in [-0.4, -0.2) is 25.6 Å². The van der Waals surface area contributed by atoms with Crippen molar-refractivity contribution >= 4 is 28.9 Å². The number of rotatable bonds is 6. The van der Waals surface area contributed by atoms with Gasteiger partial charge in [0, 0.05) is 24.3 Å². The van der Waals surface area contributed by atoms with Crippen LogP contribution in [0, 0.1) is 5.92 Å². The molecule has 0 radical (unpaired) electrons. The summed E-state index contributed by atoms with van der Waals surface area (Å²) in [7, 11) is 0. The standard InChI is InChI=1S/C22H27ClN2O2/c1-3-14-27-19-7-4-17(5-8-19)22(26)24-18-6-9-21(20(23)15-18)25-12-10-16(2)11-13-25/h4-9,15-16H,3,10-14H2,1-2H3,(H,24,26). The van der Waals surface area contributed by atoms with Crippen molar-refractivity contribution in [2.45, 2.75) is 33.1 Å². The van der Waals surface area contributed by atoms with Crippen molar-refractivity contribution in [3.05, 3.63) is 53.1 Å². The minimum Gasteiger partial charge on any atom is -0.494 e. The molecule has 1 heterocycles. The van der Waals surface area contributed by atoms with E-state index in [0.29, 0.717) is 22.9 Å². The molecule has 1 N–H and O–H groups in total. The summed E-state index contributed by atoms with van der Waals surface area (Å²) in [6, 6.07) is 12.9. The topological polar surface area (TPSA) is 41.6 Å². The number of hydrogen-bond acceptors (Lipinski definition) is 3. The molecule has 1 fully saturated rings. The van der Waals surface area contributed by atoms with E-state index in [4.69, 9.17) is 16.3 Å². The second-order valence-electron chi connectivity index (χ2n) is 7.16. The molecule has 0 atom stereocenters. The molecule has 0 bridgehead atoms. The number of nitrogens with zero attached hydrogens (tertiary/aromatic N) is 1. The minimum absolute atomic E-state index is 0.160. The van der Waals surface area contributed by atoms with Gasteiger partial charge in [-0.2, -0.15) is 0 Å². The largest absolute Gasteiger partial charge is 0.494 e. The second kappa shape index (κ2) is 9.14. The Bertz CT molecular complexity index is 768. The van der Waals surface area contributed by atoms with Gasteiger partial charge in [-0.15, -0.1) is 0 Å². The number of ether oxygens (including phenoxy) is 1. The third kappa shape index (κ3) is 5.16. The SMILES string of the molecule is CCCOc1ccc(C(=O)Nc2ccc(N3CCC(C)CC3)c(Cl)c2)cc1. The van der Waals surface area contributed by atoms with E-state index in [1.165, 1.54) is 12.8 Å². The number of piperidine rings is 1. The Labute approximate surface area is 166 Å². The Balaban J connectivity index is 1.63. The summed E-state index contributed by atoms with van der Waals surface area (Å²) in [4.78, 5) is 14.8. The highest BCUT2D eigenvalue weighted by Crippen LogP contribution is 2.32. The lowest BCUT2D eigenvalue weighted by Crippen LogP contribution is -2.32. The molecular formula is C22H27ClN2O2. The smallest absolute Gasteiger partial charge is 0.255 e. The molecule has 2 aromatic rings. The average molecular weight is 387 g/mol. The highest BCUT2D eigenvalue weighted by atomic mass is 35.5. The van der Waals surface area contributed by atoms with Crippen molar-refractivity contribution in [3.63, 3.8) is 0 Å². The van der Waals surface area contributed by atoms with Crippen molar-refractivity contribution in [3.8, 4) is 5.75 Å². The van der Waals surface area contributed by atoms with Crippen molar-refractivity contribution in [2.75, 3.05) is 29.9 Å². The molecule has 0 saturated carbocycles. The lowest BCUT2D eigenvalue weighted by Gasteiger charge is -2.32. The number of halogens is 1. The first-order valence-electron chi connectivity index (χ1n) is 9.65. The number of amides is 1. The summed E-state index contributed by atoms with van der Waals surface area (Å²) in [5.74, 6) is 1.39. The summed E-state index contributed by atoms with van der Waals surface area (Å²) >= 11 is 6.49. The minimum atomic E-state index is -0.160. The monoisotopic (exact) mass is 386 g/mol. The molecule has 1 aliphatic heterocycles. The third-order valence-electron chi connectivity index (χ3n) is 4.92. The molecule has 144 valence electrons. The average Bonchev–Trinajstić information content (AvgIpc) is 2.68. The van der Waals surface area contributed by atoms with Gasteiger partial charge in [0.1, 0.15) is 5.75 Å². The van der Waals surface area contributed by atoms with E-state index in [1.54, 1.807) is 12.1 Å². The highest BCUT2D eigenvalue weighted by Gasteiger charge is 2.18. The Hall–Kier alpha value is -2.20. The normalized spacial score (nSPS) is 14.9. The van der Waals surface area contributed by atoms with Gasteiger partial charge in [0.05, 0.1) is 17.3 Å². The predicted octanol–water partition coefficient (Wildman–Crippen LogP) is 5.62. The van der Waals surface area contributed by atoms with E-state index in [0.717, 1.165) is 36.9 Å². The first-order chi connectivity index (χ1) is 13.1. The van der Waals surface area contributed by atoms with Crippen LogP contribution in [0.1, 0.15) is 43.5 Å². The van der Waals surface area contributed by atoms with Crippen LogP contribution in [0.15, 0.2) is 42.5 Å². The van der Waals surface area contributed by atoms with Gasteiger partial charge in [0.25, 0.3) is 5.91 Å². The van der Waals surface area contributed by atoms with E-state index in [2.05, 4.69) is 24.1 Å². The molecule has 27 heavy (non-hydrogen) atoms. The van der Waals surface area contributed by atoms with E-state index in [9.17, 15) is 4.79 Å². The molecule has 5 heteroatoms. The van der Waals surface area contributed by atoms with Crippen LogP contribution >= 0.6 is 11.6 Å². The van der Waals surface area contributed by atoms with Gasteiger partial charge in [-0.05, 0) is 67.6 Å². The Morgan fingerprint density at radius 3 is 2.52 bits per heavy atom. The highest BCUT2D eigenvalue weighted by molar-refractivity contribution is 6.33. The third-order valence-corrected chi connectivity index (χ3v) is 5.22. The zero-order valence-corrected chi connectivity index (χ0v) is 16.8. The maximum Gasteiger partial charge on any atom is 0.255 e. The Morgan fingerprint density at radius 1 is 1.19 bits per heavy atom. The maximum atomic E-state index is 12.5. The lowest BCUT2D eigenvalue weighted by molar-refractivity contribution is 0.102. The van der Waals surface area contributed by atoms with Gasteiger partial charge in [-0.3, -0.25) is 4.79 Å². The lowest BCUT2D eigenvalue weighted by atomic mass is 9.99. The van der Waals surface area contributed by atoms with Crippen molar-refractivity contribution in [1.82, 2.24) is 0 Å². The number of carbonyl (C=O) groups excluding carboxylic acids is 1. The predicted molar refractivity (Wildman–Crippen MR) is 112 cm³/mol. The van der Waals surface area contributed by atoms with Crippen molar-refractivity contribution < 1.29 is 9.53 Å². The van der Waals surface area contributed by atoms with Crippen LogP contribution in [0.3, 0.4) is 0 Å². The van der Waals surface area contributed by atoms with Crippen molar-refractivity contribution in [1.29, 1.82) is 0 Å². The molecule has 0 spiro atoms. The summed E-state index contributed by atoms with van der Waals surface area (Å²) in [6.07, 6.45) is 3.33. The zero-order chi connectivity index (χ0) is 19.2. The van der Waals surface area contributed by atoms with Crippen molar-refractivity contribution in [2.24, 2.45) is 5.92 Å². The fraction of sp³-hybridized carbons (Fsp3) is 0.409. The number of nitrogens with one attached hydrogen (secondary N) is 1. The van der Waals surface area contributed by atoms with Crippen LogP contribution in [-0.2, 0) is 0 Å². The molecule has 4 nitrogen and oxygen atoms in total. The number of carbonyl (C=O) groups is 1. The van der Waals surface area contributed by atoms with Crippen LogP contribution in [0.5, 0.6) is 5.75 Å². The fourth-order valence-electron chi connectivity index (χ4n) is 3.22. The Morgan fingerprint density at radius 2 is 1.89 bits per heavy atom. The van der Waals surface area contributed by atoms with E-state index < -0.39 is 0 Å². The maximum absolute atomic E-state index is 12.5. The van der Waals surface area contributed by atoms with Gasteiger partial charge < -0.3 is 15.0 Å². The number of hydrogen-bond donors (Lipinski definition) is 1. The fourth-order valence-corrected chi connectivity index (χ4v) is 3.52. The Kier molecular flexibility index (Phi) is 6.62. The summed E-state index contributed by atoms with van der Waals surface area (Å²) in [5.41, 5.74) is 2.33. The summed E-state index contributed by atoms with van der Waals surface area (Å²) < 4.78 is 5.55. The van der Waals surface area contributed by atoms with Gasteiger partial charge >= 0.3 is 0 Å². The quantitative estimate of drug-likeness (QED) is 0.700. The molecule has 1 saturated heterocycles. The molecule has 0 aromatic heterocycles. The van der Waals surface area contributed by atoms with Crippen LogP contribution < -0.4 is 15.0 Å². The van der Waals surface area contributed by atoms with Gasteiger partial charge in [-0.1, -0.05) is 25.4 Å². The second-order valence-corrected chi connectivity index (χ2v) is 7.57. The molecule has 1 aliphatic rings. The summed E-state index contributed by atoms with van der Waals surface area (Å²) in [6.45, 7) is 7.08. The summed E-state index contributed by atoms with van der Waals surface area (Å²) in [5, 5.41) is 3.59. The van der Waals surface area contributed by atoms with E-state index in [-0.39, 0.29) is 5.91 Å². The van der Waals surface area contributed by atoms with Crippen LogP contribution in [0.2, 0.25) is 5.02 Å². The molecule has 1 amide bonds. The number of benzene rings is 2. The molecule has 0 aliphatic carbocycles. The van der Waals surface area contributed by atoms with Gasteiger partial charge in [0.15, 0.2) is 0 Å². The molecule has 0 unspecified atom stereocenters.